The number of ether oxygens (including phenoxy) is 4. The van der Waals surface area contributed by atoms with E-state index in [1.54, 1.807) is 6.92 Å². The van der Waals surface area contributed by atoms with Crippen LogP contribution in [0, 0.1) is 50.2 Å². The van der Waals surface area contributed by atoms with E-state index in [9.17, 15) is 40.5 Å². The molecule has 2 saturated heterocycles. The molecule has 0 spiro atoms. The number of carbonyl (C=O) groups is 1. The second kappa shape index (κ2) is 13.5. The van der Waals surface area contributed by atoms with Crippen molar-refractivity contribution in [3.05, 3.63) is 11.6 Å². The van der Waals surface area contributed by atoms with Crippen molar-refractivity contribution in [1.29, 1.82) is 0 Å². The molecule has 12 nitrogen and oxygen atoms in total. The fourth-order valence-electron chi connectivity index (χ4n) is 13.4. The second-order valence-corrected chi connectivity index (χ2v) is 20.0. The quantitative estimate of drug-likeness (QED) is 0.188. The lowest BCUT2D eigenvalue weighted by Gasteiger charge is -2.71. The van der Waals surface area contributed by atoms with Gasteiger partial charge in [-0.3, -0.25) is 4.79 Å². The highest BCUT2D eigenvalue weighted by molar-refractivity contribution is 5.76. The van der Waals surface area contributed by atoms with Crippen LogP contribution in [0.1, 0.15) is 113 Å². The second-order valence-electron chi connectivity index (χ2n) is 20.0. The Kier molecular flexibility index (Phi) is 10.2. The minimum atomic E-state index is -1.60. The predicted octanol–water partition coefficient (Wildman–Crippen LogP) is 3.52. The molecule has 0 amide bonds. The molecule has 6 fully saturated rings. The van der Waals surface area contributed by atoms with Gasteiger partial charge >= 0.3 is 5.97 Å². The number of aliphatic carboxylic acids is 1. The smallest absolute Gasteiger partial charge is 0.310 e. The van der Waals surface area contributed by atoms with Gasteiger partial charge in [0.25, 0.3) is 0 Å². The van der Waals surface area contributed by atoms with Crippen LogP contribution in [0.2, 0.25) is 0 Å². The van der Waals surface area contributed by atoms with Gasteiger partial charge in [0.05, 0.1) is 30.8 Å². The number of hydrogen-bond donors (Lipinski definition) is 7. The number of allylic oxidation sites excluding steroid dienone is 2. The van der Waals surface area contributed by atoms with Gasteiger partial charge in [0.15, 0.2) is 12.6 Å². The van der Waals surface area contributed by atoms with Gasteiger partial charge in [-0.2, -0.15) is 0 Å². The molecule has 18 unspecified atom stereocenters. The van der Waals surface area contributed by atoms with Crippen molar-refractivity contribution < 1.29 is 59.5 Å². The zero-order valence-corrected chi connectivity index (χ0v) is 32.7. The lowest BCUT2D eigenvalue weighted by Crippen LogP contribution is -2.66. The highest BCUT2D eigenvalue weighted by Crippen LogP contribution is 2.76. The Bertz CT molecular complexity index is 1440. The number of carboxylic acid groups (broad SMARTS) is 1. The standard InChI is InChI=1S/C41H66O12/c1-21-28(44)30(46)31(47)33(50-21)53-32-29(45)24(19-42)51-34(32)52-27-11-12-37(4)25(38(27,5)20-43)10-13-40(7)26(37)9-8-22-23-18-36(2,3)14-16-41(23,35(48)49)17-15-39(22,40)6/h8,21,23-34,42-47H,9-20H2,1-7H3,(H,48,49). The summed E-state index contributed by atoms with van der Waals surface area (Å²) in [4.78, 5) is 13.0. The average molecular weight is 751 g/mol. The first-order valence-corrected chi connectivity index (χ1v) is 20.2. The summed E-state index contributed by atoms with van der Waals surface area (Å²) in [5, 5.41) is 74.4. The minimum absolute atomic E-state index is 0.0361. The summed E-state index contributed by atoms with van der Waals surface area (Å²) in [6, 6.07) is 0. The number of aliphatic hydroxyl groups is 6. The molecule has 2 heterocycles. The Labute approximate surface area is 314 Å². The molecule has 18 atom stereocenters. The van der Waals surface area contributed by atoms with Crippen molar-refractivity contribution in [3.8, 4) is 0 Å². The summed E-state index contributed by atoms with van der Waals surface area (Å²) < 4.78 is 24.4. The van der Waals surface area contributed by atoms with Crippen molar-refractivity contribution in [2.75, 3.05) is 13.2 Å². The molecule has 12 heteroatoms. The van der Waals surface area contributed by atoms with E-state index >= 15 is 0 Å². The summed E-state index contributed by atoms with van der Waals surface area (Å²) >= 11 is 0. The topological polar surface area (TPSA) is 196 Å². The van der Waals surface area contributed by atoms with Gasteiger partial charge in [0, 0.05) is 5.41 Å². The van der Waals surface area contributed by atoms with Crippen LogP contribution in [0.3, 0.4) is 0 Å². The molecule has 2 aliphatic heterocycles. The molecule has 302 valence electrons. The summed E-state index contributed by atoms with van der Waals surface area (Å²) in [7, 11) is 0. The largest absolute Gasteiger partial charge is 0.481 e. The van der Waals surface area contributed by atoms with Crippen LogP contribution in [-0.2, 0) is 23.7 Å². The van der Waals surface area contributed by atoms with Crippen LogP contribution in [-0.4, -0.2) is 116 Å². The molecule has 0 aromatic carbocycles. The summed E-state index contributed by atoms with van der Waals surface area (Å²) in [6.45, 7) is 14.9. The lowest BCUT2D eigenvalue weighted by atomic mass is 9.33. The molecule has 0 bridgehead atoms. The monoisotopic (exact) mass is 750 g/mol. The molecule has 0 aromatic rings. The minimum Gasteiger partial charge on any atom is -0.481 e. The van der Waals surface area contributed by atoms with Crippen LogP contribution in [0.25, 0.3) is 0 Å². The molecule has 7 N–H and O–H groups in total. The van der Waals surface area contributed by atoms with Crippen molar-refractivity contribution in [3.63, 3.8) is 0 Å². The summed E-state index contributed by atoms with van der Waals surface area (Å²) in [6.07, 6.45) is -1.18. The van der Waals surface area contributed by atoms with Crippen molar-refractivity contribution >= 4 is 5.97 Å². The molecule has 0 aromatic heterocycles. The number of fused-ring (bicyclic) bond motifs is 7. The van der Waals surface area contributed by atoms with Gasteiger partial charge in [0.2, 0.25) is 0 Å². The zero-order chi connectivity index (χ0) is 38.7. The maximum atomic E-state index is 13.0. The van der Waals surface area contributed by atoms with Crippen molar-refractivity contribution in [2.24, 2.45) is 50.2 Å². The molecule has 7 aliphatic rings. The molecular formula is C41H66O12. The fraction of sp³-hybridized carbons (Fsp3) is 0.927. The molecular weight excluding hydrogens is 684 g/mol. The van der Waals surface area contributed by atoms with Gasteiger partial charge < -0.3 is 54.7 Å². The third-order valence-electron chi connectivity index (χ3n) is 17.0. The van der Waals surface area contributed by atoms with Crippen LogP contribution < -0.4 is 0 Å². The number of carboxylic acids is 1. The van der Waals surface area contributed by atoms with Crippen LogP contribution >= 0.6 is 0 Å². The first kappa shape index (κ1) is 40.0. The lowest BCUT2D eigenvalue weighted by molar-refractivity contribution is -0.329. The first-order valence-electron chi connectivity index (χ1n) is 20.2. The van der Waals surface area contributed by atoms with Crippen LogP contribution in [0.4, 0.5) is 0 Å². The van der Waals surface area contributed by atoms with E-state index in [4.69, 9.17) is 18.9 Å². The van der Waals surface area contributed by atoms with Gasteiger partial charge in [-0.1, -0.05) is 53.2 Å². The molecule has 5 aliphatic carbocycles. The Hall–Kier alpha value is -1.19. The van der Waals surface area contributed by atoms with Crippen molar-refractivity contribution in [2.45, 2.75) is 174 Å². The van der Waals surface area contributed by atoms with E-state index in [1.807, 2.05) is 0 Å². The maximum absolute atomic E-state index is 13.0. The Morgan fingerprint density at radius 2 is 1.51 bits per heavy atom. The van der Waals surface area contributed by atoms with Gasteiger partial charge in [-0.25, -0.2) is 0 Å². The number of aliphatic hydroxyl groups excluding tert-OH is 6. The molecule has 7 rings (SSSR count). The number of hydrogen-bond acceptors (Lipinski definition) is 11. The SMILES string of the molecule is CC1OC(OC2C(OC3CCC4(C)C(CCC5(C)C4CC=C4C6CC(C)(C)CCC6(C(=O)O)CCC45C)C3(C)CO)OC(CO)C2O)C(O)C(O)C1O. The van der Waals surface area contributed by atoms with E-state index in [0.29, 0.717) is 18.8 Å². The average Bonchev–Trinajstić information content (AvgIpc) is 3.40. The Morgan fingerprint density at radius 3 is 2.17 bits per heavy atom. The van der Waals surface area contributed by atoms with Crippen LogP contribution in [0.5, 0.6) is 0 Å². The molecule has 0 radical (unpaired) electrons. The van der Waals surface area contributed by atoms with E-state index in [1.165, 1.54) is 5.57 Å². The Morgan fingerprint density at radius 1 is 0.811 bits per heavy atom. The highest BCUT2D eigenvalue weighted by atomic mass is 16.8. The zero-order valence-electron chi connectivity index (χ0n) is 32.7. The summed E-state index contributed by atoms with van der Waals surface area (Å²) in [5.41, 5.74) is -0.236. The van der Waals surface area contributed by atoms with Crippen LogP contribution in [0.15, 0.2) is 11.6 Å². The fourth-order valence-corrected chi connectivity index (χ4v) is 13.4. The van der Waals surface area contributed by atoms with E-state index in [0.717, 1.165) is 51.4 Å². The normalized spacial score (nSPS) is 54.9. The maximum Gasteiger partial charge on any atom is 0.310 e. The third kappa shape index (κ3) is 5.77. The van der Waals surface area contributed by atoms with Gasteiger partial charge in [-0.05, 0) is 111 Å². The predicted molar refractivity (Wildman–Crippen MR) is 192 cm³/mol. The first-order chi connectivity index (χ1) is 24.7. The summed E-state index contributed by atoms with van der Waals surface area (Å²) in [5.74, 6) is -0.192. The van der Waals surface area contributed by atoms with Gasteiger partial charge in [-0.15, -0.1) is 0 Å². The Balaban J connectivity index is 1.15. The number of rotatable bonds is 7. The third-order valence-corrected chi connectivity index (χ3v) is 17.0. The van der Waals surface area contributed by atoms with Gasteiger partial charge in [0.1, 0.15) is 36.6 Å². The van der Waals surface area contributed by atoms with Crippen molar-refractivity contribution in [1.82, 2.24) is 0 Å². The van der Waals surface area contributed by atoms with E-state index < -0.39 is 84.8 Å². The molecule has 4 saturated carbocycles. The highest BCUT2D eigenvalue weighted by Gasteiger charge is 2.70. The van der Waals surface area contributed by atoms with E-state index in [2.05, 4.69) is 47.6 Å². The molecule has 53 heavy (non-hydrogen) atoms. The van der Waals surface area contributed by atoms with E-state index in [-0.39, 0.29) is 40.1 Å².